The van der Waals surface area contributed by atoms with E-state index in [4.69, 9.17) is 9.97 Å². The van der Waals surface area contributed by atoms with E-state index in [1.807, 2.05) is 0 Å². The number of hydrogen-bond donors (Lipinski definition) is 1. The molecule has 0 spiro atoms. The summed E-state index contributed by atoms with van der Waals surface area (Å²) in [4.78, 5) is 9.54. The minimum absolute atomic E-state index is 0.566. The molecule has 0 aliphatic heterocycles. The molecule has 3 nitrogen and oxygen atoms in total. The molecule has 0 aromatic carbocycles. The molecular formula is C16H26IN3. The lowest BCUT2D eigenvalue weighted by molar-refractivity contribution is 0.302. The van der Waals surface area contributed by atoms with E-state index >= 15 is 0 Å². The second kappa shape index (κ2) is 7.57. The van der Waals surface area contributed by atoms with Crippen LogP contribution in [0.5, 0.6) is 0 Å². The molecule has 2 rings (SSSR count). The topological polar surface area (TPSA) is 37.8 Å². The third-order valence-corrected chi connectivity index (χ3v) is 5.58. The highest BCUT2D eigenvalue weighted by Gasteiger charge is 2.24. The van der Waals surface area contributed by atoms with Crippen molar-refractivity contribution in [2.45, 2.75) is 65.2 Å². The third kappa shape index (κ3) is 3.83. The third-order valence-electron chi connectivity index (χ3n) is 4.29. The second-order valence-electron chi connectivity index (χ2n) is 5.87. The summed E-state index contributed by atoms with van der Waals surface area (Å²) in [6, 6.07) is 0. The van der Waals surface area contributed by atoms with Crippen molar-refractivity contribution in [3.63, 3.8) is 0 Å². The zero-order chi connectivity index (χ0) is 14.5. The van der Waals surface area contributed by atoms with E-state index in [1.54, 1.807) is 0 Å². The number of aryl methyl sites for hydroxylation is 1. The lowest BCUT2D eigenvalue weighted by Crippen LogP contribution is -2.17. The van der Waals surface area contributed by atoms with Crippen LogP contribution in [0.3, 0.4) is 0 Å². The quantitative estimate of drug-likeness (QED) is 0.731. The molecule has 0 amide bonds. The van der Waals surface area contributed by atoms with Crippen LogP contribution in [0.1, 0.15) is 69.8 Å². The highest BCUT2D eigenvalue weighted by atomic mass is 127. The summed E-state index contributed by atoms with van der Waals surface area (Å²) in [6.45, 7) is 7.41. The number of anilines is 1. The van der Waals surface area contributed by atoms with Crippen LogP contribution >= 0.6 is 22.6 Å². The first-order valence-electron chi connectivity index (χ1n) is 7.93. The maximum Gasteiger partial charge on any atom is 0.143 e. The molecule has 1 aromatic heterocycles. The van der Waals surface area contributed by atoms with E-state index in [9.17, 15) is 0 Å². The molecule has 0 radical (unpaired) electrons. The van der Waals surface area contributed by atoms with E-state index in [1.165, 1.54) is 38.5 Å². The zero-order valence-corrected chi connectivity index (χ0v) is 15.0. The van der Waals surface area contributed by atoms with Crippen molar-refractivity contribution >= 4 is 28.4 Å². The summed E-state index contributed by atoms with van der Waals surface area (Å²) in [5.41, 5.74) is 1.11. The monoisotopic (exact) mass is 387 g/mol. The van der Waals surface area contributed by atoms with E-state index in [-0.39, 0.29) is 0 Å². The van der Waals surface area contributed by atoms with Gasteiger partial charge in [0.05, 0.1) is 9.26 Å². The molecule has 1 aromatic rings. The number of nitrogens with zero attached hydrogens (tertiary/aromatic N) is 2. The number of nitrogens with one attached hydrogen (secondary N) is 1. The molecular weight excluding hydrogens is 361 g/mol. The number of halogens is 1. The van der Waals surface area contributed by atoms with Crippen molar-refractivity contribution in [3.8, 4) is 0 Å². The average Bonchev–Trinajstić information content (AvgIpc) is 2.45. The molecule has 0 bridgehead atoms. The van der Waals surface area contributed by atoms with Gasteiger partial charge in [0, 0.05) is 12.5 Å². The SMILES string of the molecule is CCCC1CCC(c2nc(C)c(I)c(NCC)n2)CC1. The Bertz CT molecular complexity index is 440. The number of hydrogen-bond acceptors (Lipinski definition) is 3. The van der Waals surface area contributed by atoms with Gasteiger partial charge in [-0.05, 0) is 68.0 Å². The van der Waals surface area contributed by atoms with Gasteiger partial charge < -0.3 is 5.32 Å². The summed E-state index contributed by atoms with van der Waals surface area (Å²) in [6.07, 6.45) is 7.93. The van der Waals surface area contributed by atoms with Gasteiger partial charge in [-0.3, -0.25) is 0 Å². The predicted molar refractivity (Wildman–Crippen MR) is 93.3 cm³/mol. The fourth-order valence-electron chi connectivity index (χ4n) is 3.17. The Hall–Kier alpha value is -0.390. The zero-order valence-electron chi connectivity index (χ0n) is 12.9. The van der Waals surface area contributed by atoms with E-state index in [0.29, 0.717) is 5.92 Å². The molecule has 1 N–H and O–H groups in total. The highest BCUT2D eigenvalue weighted by molar-refractivity contribution is 14.1. The van der Waals surface area contributed by atoms with Crippen molar-refractivity contribution in [2.75, 3.05) is 11.9 Å². The Morgan fingerprint density at radius 1 is 1.15 bits per heavy atom. The van der Waals surface area contributed by atoms with Gasteiger partial charge in [0.2, 0.25) is 0 Å². The van der Waals surface area contributed by atoms with Gasteiger partial charge in [-0.2, -0.15) is 0 Å². The molecule has 1 aliphatic rings. The molecule has 0 atom stereocenters. The second-order valence-corrected chi connectivity index (χ2v) is 6.95. The number of rotatable bonds is 5. The first-order valence-corrected chi connectivity index (χ1v) is 9.01. The number of aromatic nitrogens is 2. The Morgan fingerprint density at radius 3 is 2.45 bits per heavy atom. The van der Waals surface area contributed by atoms with Gasteiger partial charge in [0.1, 0.15) is 11.6 Å². The molecule has 0 saturated heterocycles. The van der Waals surface area contributed by atoms with Crippen LogP contribution in [-0.2, 0) is 0 Å². The molecule has 1 heterocycles. The Kier molecular flexibility index (Phi) is 6.05. The highest BCUT2D eigenvalue weighted by Crippen LogP contribution is 2.37. The van der Waals surface area contributed by atoms with E-state index in [2.05, 4.69) is 48.7 Å². The van der Waals surface area contributed by atoms with Crippen LogP contribution in [0.25, 0.3) is 0 Å². The van der Waals surface area contributed by atoms with Gasteiger partial charge >= 0.3 is 0 Å². The van der Waals surface area contributed by atoms with Crippen LogP contribution in [0, 0.1) is 16.4 Å². The van der Waals surface area contributed by atoms with Crippen molar-refractivity contribution in [1.29, 1.82) is 0 Å². The summed E-state index contributed by atoms with van der Waals surface area (Å²) < 4.78 is 1.16. The first kappa shape index (κ1) is 16.0. The van der Waals surface area contributed by atoms with E-state index < -0.39 is 0 Å². The largest absolute Gasteiger partial charge is 0.369 e. The molecule has 112 valence electrons. The van der Waals surface area contributed by atoms with E-state index in [0.717, 1.165) is 33.4 Å². The lowest BCUT2D eigenvalue weighted by Gasteiger charge is -2.27. The van der Waals surface area contributed by atoms with Crippen molar-refractivity contribution < 1.29 is 0 Å². The maximum absolute atomic E-state index is 4.79. The summed E-state index contributed by atoms with van der Waals surface area (Å²) in [5, 5.41) is 3.37. The Labute approximate surface area is 136 Å². The Morgan fingerprint density at radius 2 is 1.85 bits per heavy atom. The fraction of sp³-hybridized carbons (Fsp3) is 0.750. The van der Waals surface area contributed by atoms with Gasteiger partial charge in [-0.1, -0.05) is 19.8 Å². The van der Waals surface area contributed by atoms with Gasteiger partial charge in [-0.25, -0.2) is 9.97 Å². The lowest BCUT2D eigenvalue weighted by atomic mass is 9.80. The van der Waals surface area contributed by atoms with Gasteiger partial charge in [0.25, 0.3) is 0 Å². The van der Waals surface area contributed by atoms with Gasteiger partial charge in [-0.15, -0.1) is 0 Å². The normalized spacial score (nSPS) is 22.8. The molecule has 4 heteroatoms. The standard InChI is InChI=1S/C16H26IN3/c1-4-6-12-7-9-13(10-8-12)15-19-11(3)14(17)16(20-15)18-5-2/h12-13H,4-10H2,1-3H3,(H,18,19,20). The first-order chi connectivity index (χ1) is 9.65. The molecule has 1 aliphatic carbocycles. The van der Waals surface area contributed by atoms with Crippen LogP contribution in [-0.4, -0.2) is 16.5 Å². The summed E-state index contributed by atoms with van der Waals surface area (Å²) >= 11 is 2.34. The van der Waals surface area contributed by atoms with Crippen molar-refractivity contribution in [1.82, 2.24) is 9.97 Å². The minimum atomic E-state index is 0.566. The van der Waals surface area contributed by atoms with Gasteiger partial charge in [0.15, 0.2) is 0 Å². The molecule has 1 saturated carbocycles. The molecule has 1 fully saturated rings. The van der Waals surface area contributed by atoms with Crippen LogP contribution < -0.4 is 5.32 Å². The average molecular weight is 387 g/mol. The van der Waals surface area contributed by atoms with Crippen LogP contribution in [0.15, 0.2) is 0 Å². The minimum Gasteiger partial charge on any atom is -0.369 e. The van der Waals surface area contributed by atoms with Crippen LogP contribution in [0.2, 0.25) is 0 Å². The fourth-order valence-corrected chi connectivity index (χ4v) is 3.60. The summed E-state index contributed by atoms with van der Waals surface area (Å²) in [7, 11) is 0. The van der Waals surface area contributed by atoms with Crippen molar-refractivity contribution in [3.05, 3.63) is 15.1 Å². The molecule has 20 heavy (non-hydrogen) atoms. The summed E-state index contributed by atoms with van der Waals surface area (Å²) in [5.74, 6) is 3.59. The Balaban J connectivity index is 2.09. The smallest absolute Gasteiger partial charge is 0.143 e. The maximum atomic E-state index is 4.79. The predicted octanol–water partition coefficient (Wildman–Crippen LogP) is 4.90. The van der Waals surface area contributed by atoms with Crippen LogP contribution in [0.4, 0.5) is 5.82 Å². The molecule has 0 unspecified atom stereocenters. The van der Waals surface area contributed by atoms with Crippen molar-refractivity contribution in [2.24, 2.45) is 5.92 Å².